The van der Waals surface area contributed by atoms with Crippen LogP contribution in [0.4, 0.5) is 13.2 Å². The van der Waals surface area contributed by atoms with Gasteiger partial charge in [-0.3, -0.25) is 4.68 Å². The SMILES string of the molecule is COC(=O)c1ccnn1Cc1ccc(-c2noc(C(F)(F)F)n2)cc1. The van der Waals surface area contributed by atoms with Crippen molar-refractivity contribution in [1.82, 2.24) is 19.9 Å². The molecule has 10 heteroatoms. The van der Waals surface area contributed by atoms with Gasteiger partial charge in [-0.05, 0) is 11.6 Å². The van der Waals surface area contributed by atoms with E-state index >= 15 is 0 Å². The van der Waals surface area contributed by atoms with Crippen molar-refractivity contribution in [2.45, 2.75) is 12.7 Å². The minimum Gasteiger partial charge on any atom is -0.464 e. The second-order valence-corrected chi connectivity index (χ2v) is 4.98. The Hall–Kier alpha value is -3.17. The number of alkyl halides is 3. The summed E-state index contributed by atoms with van der Waals surface area (Å²) in [7, 11) is 1.27. The number of esters is 1. The number of nitrogens with zero attached hydrogens (tertiary/aromatic N) is 4. The fourth-order valence-electron chi connectivity index (χ4n) is 2.12. The summed E-state index contributed by atoms with van der Waals surface area (Å²) in [5.74, 6) is -2.07. The van der Waals surface area contributed by atoms with Crippen LogP contribution >= 0.6 is 0 Å². The molecule has 2 aromatic heterocycles. The molecule has 0 N–H and O–H groups in total. The number of hydrogen-bond acceptors (Lipinski definition) is 6. The van der Waals surface area contributed by atoms with Crippen molar-refractivity contribution in [2.75, 3.05) is 7.11 Å². The highest BCUT2D eigenvalue weighted by atomic mass is 19.4. The van der Waals surface area contributed by atoms with Crippen LogP contribution in [-0.4, -0.2) is 33.0 Å². The van der Waals surface area contributed by atoms with Crippen LogP contribution in [0, 0.1) is 0 Å². The summed E-state index contributed by atoms with van der Waals surface area (Å²) in [6.07, 6.45) is -3.21. The summed E-state index contributed by atoms with van der Waals surface area (Å²) in [5, 5.41) is 7.36. The van der Waals surface area contributed by atoms with Gasteiger partial charge in [-0.1, -0.05) is 29.4 Å². The molecule has 0 aliphatic carbocycles. The Balaban J connectivity index is 1.78. The number of ether oxygens (including phenoxy) is 1. The average Bonchev–Trinajstić information content (AvgIpc) is 3.24. The van der Waals surface area contributed by atoms with Crippen LogP contribution in [0.15, 0.2) is 41.1 Å². The topological polar surface area (TPSA) is 83.0 Å². The van der Waals surface area contributed by atoms with Gasteiger partial charge in [0.1, 0.15) is 5.69 Å². The van der Waals surface area contributed by atoms with Crippen molar-refractivity contribution >= 4 is 5.97 Å². The Labute approximate surface area is 139 Å². The summed E-state index contributed by atoms with van der Waals surface area (Å²) in [6, 6.07) is 7.98. The quantitative estimate of drug-likeness (QED) is 0.672. The molecule has 0 spiro atoms. The third-order valence-electron chi connectivity index (χ3n) is 3.32. The average molecular weight is 352 g/mol. The smallest absolute Gasteiger partial charge is 0.464 e. The van der Waals surface area contributed by atoms with Gasteiger partial charge in [0.05, 0.1) is 13.7 Å². The van der Waals surface area contributed by atoms with Crippen molar-refractivity contribution in [1.29, 1.82) is 0 Å². The van der Waals surface area contributed by atoms with Crippen LogP contribution in [0.3, 0.4) is 0 Å². The summed E-state index contributed by atoms with van der Waals surface area (Å²) in [6.45, 7) is 0.289. The van der Waals surface area contributed by atoms with Crippen LogP contribution in [-0.2, 0) is 17.5 Å². The lowest BCUT2D eigenvalue weighted by atomic mass is 10.1. The lowest BCUT2D eigenvalue weighted by Crippen LogP contribution is -2.12. The number of carbonyl (C=O) groups is 1. The minimum absolute atomic E-state index is 0.159. The van der Waals surface area contributed by atoms with Gasteiger partial charge < -0.3 is 9.26 Å². The van der Waals surface area contributed by atoms with Crippen molar-refractivity contribution in [3.63, 3.8) is 0 Å². The molecular formula is C15H11F3N4O3. The zero-order valence-electron chi connectivity index (χ0n) is 12.8. The number of rotatable bonds is 4. The Kier molecular flexibility index (Phi) is 4.26. The normalized spacial score (nSPS) is 11.5. The highest BCUT2D eigenvalue weighted by molar-refractivity contribution is 5.87. The number of carbonyl (C=O) groups excluding carboxylic acids is 1. The van der Waals surface area contributed by atoms with E-state index < -0.39 is 18.0 Å². The third kappa shape index (κ3) is 3.52. The number of hydrogen-bond donors (Lipinski definition) is 0. The van der Waals surface area contributed by atoms with Crippen LogP contribution < -0.4 is 0 Å². The minimum atomic E-state index is -4.68. The molecule has 0 aliphatic heterocycles. The van der Waals surface area contributed by atoms with E-state index in [1.54, 1.807) is 24.3 Å². The van der Waals surface area contributed by atoms with Gasteiger partial charge in [-0.15, -0.1) is 0 Å². The molecule has 0 saturated heterocycles. The lowest BCUT2D eigenvalue weighted by Gasteiger charge is -2.06. The highest BCUT2D eigenvalue weighted by Crippen LogP contribution is 2.29. The third-order valence-corrected chi connectivity index (χ3v) is 3.32. The molecule has 0 amide bonds. The summed E-state index contributed by atoms with van der Waals surface area (Å²) >= 11 is 0. The summed E-state index contributed by atoms with van der Waals surface area (Å²) < 4.78 is 47.8. The molecule has 7 nitrogen and oxygen atoms in total. The number of benzene rings is 1. The molecule has 3 aromatic rings. The maximum Gasteiger partial charge on any atom is 0.471 e. The second kappa shape index (κ2) is 6.38. The molecule has 0 saturated carbocycles. The van der Waals surface area contributed by atoms with Gasteiger partial charge in [0.25, 0.3) is 0 Å². The summed E-state index contributed by atoms with van der Waals surface area (Å²) in [5.41, 5.74) is 1.44. The van der Waals surface area contributed by atoms with Crippen LogP contribution in [0.2, 0.25) is 0 Å². The standard InChI is InChI=1S/C15H11F3N4O3/c1-24-13(23)11-6-7-19-22(11)8-9-2-4-10(5-3-9)12-20-14(25-21-12)15(16,17)18/h2-7H,8H2,1H3. The molecule has 0 unspecified atom stereocenters. The van der Waals surface area contributed by atoms with Crippen molar-refractivity contribution in [3.05, 3.63) is 53.7 Å². The van der Waals surface area contributed by atoms with Crippen molar-refractivity contribution in [2.24, 2.45) is 0 Å². The van der Waals surface area contributed by atoms with E-state index in [1.807, 2.05) is 0 Å². The first-order chi connectivity index (χ1) is 11.9. The largest absolute Gasteiger partial charge is 0.471 e. The molecule has 0 radical (unpaired) electrons. The van der Waals surface area contributed by atoms with E-state index in [4.69, 9.17) is 0 Å². The second-order valence-electron chi connectivity index (χ2n) is 4.98. The Bertz CT molecular complexity index is 884. The van der Waals surface area contributed by atoms with Crippen LogP contribution in [0.5, 0.6) is 0 Å². The number of methoxy groups -OCH3 is 1. The van der Waals surface area contributed by atoms with Gasteiger partial charge in [0, 0.05) is 11.8 Å². The molecule has 0 fully saturated rings. The van der Waals surface area contributed by atoms with Gasteiger partial charge in [0.2, 0.25) is 5.82 Å². The van der Waals surface area contributed by atoms with Crippen LogP contribution in [0.25, 0.3) is 11.4 Å². The number of halogens is 3. The first-order valence-corrected chi connectivity index (χ1v) is 6.99. The Morgan fingerprint density at radius 2 is 1.96 bits per heavy atom. The predicted molar refractivity (Wildman–Crippen MR) is 77.4 cm³/mol. The van der Waals surface area contributed by atoms with Crippen molar-refractivity contribution in [3.8, 4) is 11.4 Å². The van der Waals surface area contributed by atoms with E-state index in [2.05, 4.69) is 24.5 Å². The fraction of sp³-hybridized carbons (Fsp3) is 0.200. The molecule has 0 bridgehead atoms. The zero-order valence-corrected chi connectivity index (χ0v) is 12.8. The first kappa shape index (κ1) is 16.7. The van der Waals surface area contributed by atoms with Gasteiger partial charge >= 0.3 is 18.0 Å². The monoisotopic (exact) mass is 352 g/mol. The highest BCUT2D eigenvalue weighted by Gasteiger charge is 2.38. The molecule has 3 rings (SSSR count). The summed E-state index contributed by atoms with van der Waals surface area (Å²) in [4.78, 5) is 14.9. The molecular weight excluding hydrogens is 341 g/mol. The fourth-order valence-corrected chi connectivity index (χ4v) is 2.12. The molecule has 25 heavy (non-hydrogen) atoms. The molecule has 0 atom stereocenters. The molecule has 1 aromatic carbocycles. The zero-order chi connectivity index (χ0) is 18.0. The van der Waals surface area contributed by atoms with E-state index in [0.29, 0.717) is 11.3 Å². The first-order valence-electron chi connectivity index (χ1n) is 6.99. The maximum atomic E-state index is 12.5. The number of aromatic nitrogens is 4. The lowest BCUT2D eigenvalue weighted by molar-refractivity contribution is -0.159. The van der Waals surface area contributed by atoms with Gasteiger partial charge in [-0.2, -0.15) is 23.3 Å². The predicted octanol–water partition coefficient (Wildman–Crippen LogP) is 2.79. The Morgan fingerprint density at radius 1 is 1.24 bits per heavy atom. The Morgan fingerprint density at radius 3 is 2.56 bits per heavy atom. The van der Waals surface area contributed by atoms with Gasteiger partial charge in [-0.25, -0.2) is 4.79 Å². The van der Waals surface area contributed by atoms with Crippen molar-refractivity contribution < 1.29 is 27.2 Å². The maximum absolute atomic E-state index is 12.5. The molecule has 130 valence electrons. The van der Waals surface area contributed by atoms with E-state index in [-0.39, 0.29) is 12.4 Å². The van der Waals surface area contributed by atoms with E-state index in [9.17, 15) is 18.0 Å². The van der Waals surface area contributed by atoms with Gasteiger partial charge in [0.15, 0.2) is 0 Å². The van der Waals surface area contributed by atoms with E-state index in [1.165, 1.54) is 24.1 Å². The molecule has 0 aliphatic rings. The van der Waals surface area contributed by atoms with Crippen LogP contribution in [0.1, 0.15) is 21.9 Å². The molecule has 2 heterocycles. The van der Waals surface area contributed by atoms with E-state index in [0.717, 1.165) is 5.56 Å².